The summed E-state index contributed by atoms with van der Waals surface area (Å²) >= 11 is 7.42. The van der Waals surface area contributed by atoms with E-state index < -0.39 is 0 Å². The number of nitrogens with one attached hydrogen (secondary N) is 1. The predicted octanol–water partition coefficient (Wildman–Crippen LogP) is 4.93. The highest BCUT2D eigenvalue weighted by atomic mass is 35.5. The summed E-state index contributed by atoms with van der Waals surface area (Å²) in [5, 5.41) is 3.12. The van der Waals surface area contributed by atoms with Crippen molar-refractivity contribution in [3.8, 4) is 0 Å². The number of fused-ring (bicyclic) bond motifs is 1. The maximum Gasteiger partial charge on any atom is 0.271 e. The van der Waals surface area contributed by atoms with E-state index in [1.54, 1.807) is 0 Å². The number of thiazole rings is 1. The van der Waals surface area contributed by atoms with Gasteiger partial charge in [-0.25, -0.2) is 9.97 Å². The number of halogens is 1. The molecule has 1 aromatic carbocycles. The van der Waals surface area contributed by atoms with Crippen LogP contribution in [0, 0.1) is 5.92 Å². The summed E-state index contributed by atoms with van der Waals surface area (Å²) in [5.41, 5.74) is 2.38. The Hall–Kier alpha value is -1.92. The molecule has 26 heavy (non-hydrogen) atoms. The average molecular weight is 391 g/mol. The first-order chi connectivity index (χ1) is 12.3. The molecule has 1 atom stereocenters. The summed E-state index contributed by atoms with van der Waals surface area (Å²) in [6.07, 6.45) is 0. The van der Waals surface area contributed by atoms with Gasteiger partial charge in [0.25, 0.3) is 5.91 Å². The van der Waals surface area contributed by atoms with Gasteiger partial charge in [-0.2, -0.15) is 0 Å². The maximum absolute atomic E-state index is 12.9. The van der Waals surface area contributed by atoms with Crippen LogP contribution >= 0.6 is 22.9 Å². The van der Waals surface area contributed by atoms with Crippen LogP contribution in [0.4, 0.5) is 0 Å². The summed E-state index contributed by atoms with van der Waals surface area (Å²) < 4.78 is 2.43. The molecule has 1 N–H and O–H groups in total. The molecule has 1 amide bonds. The number of hydrogen-bond acceptors (Lipinski definition) is 4. The van der Waals surface area contributed by atoms with Crippen LogP contribution in [0.15, 0.2) is 24.3 Å². The van der Waals surface area contributed by atoms with E-state index in [1.807, 2.05) is 49.7 Å². The third-order valence-electron chi connectivity index (χ3n) is 4.42. The van der Waals surface area contributed by atoms with E-state index in [1.165, 1.54) is 11.3 Å². The molecule has 0 bridgehead atoms. The predicted molar refractivity (Wildman–Crippen MR) is 107 cm³/mol. The molecule has 2 heterocycles. The molecule has 0 unspecified atom stereocenters. The van der Waals surface area contributed by atoms with E-state index in [2.05, 4.69) is 24.1 Å². The molecule has 0 aliphatic heterocycles. The fourth-order valence-electron chi connectivity index (χ4n) is 3.04. The number of rotatable bonds is 5. The number of carbonyl (C=O) groups is 1. The number of benzene rings is 1. The van der Waals surface area contributed by atoms with E-state index in [-0.39, 0.29) is 23.8 Å². The molecule has 5 nitrogen and oxygen atoms in total. The Morgan fingerprint density at radius 1 is 1.19 bits per heavy atom. The average Bonchev–Trinajstić information content (AvgIpc) is 3.13. The van der Waals surface area contributed by atoms with E-state index in [4.69, 9.17) is 16.6 Å². The molecule has 0 spiro atoms. The summed E-state index contributed by atoms with van der Waals surface area (Å²) in [6, 6.07) is 7.74. The standard InChI is InChI=1S/C19H23ClN4OS/c1-10(2)14(17-21-12-8-6-7-9-13(12)24(17)5)22-18(25)15-16(11(3)4)26-19(20)23-15/h6-11,14H,1-5H3,(H,22,25)/t14-/m1/s1. The van der Waals surface area contributed by atoms with Gasteiger partial charge in [0.2, 0.25) is 0 Å². The minimum absolute atomic E-state index is 0.172. The molecule has 7 heteroatoms. The smallest absolute Gasteiger partial charge is 0.271 e. The molecular weight excluding hydrogens is 368 g/mol. The first kappa shape index (κ1) is 18.9. The van der Waals surface area contributed by atoms with Crippen molar-refractivity contribution in [2.45, 2.75) is 39.7 Å². The quantitative estimate of drug-likeness (QED) is 0.671. The summed E-state index contributed by atoms with van der Waals surface area (Å²) in [7, 11) is 1.98. The van der Waals surface area contributed by atoms with Gasteiger partial charge >= 0.3 is 0 Å². The second-order valence-electron chi connectivity index (χ2n) is 7.05. The topological polar surface area (TPSA) is 59.8 Å². The second kappa shape index (κ2) is 7.37. The molecular formula is C19H23ClN4OS. The fourth-order valence-corrected chi connectivity index (χ4v) is 4.16. The number of aryl methyl sites for hydroxylation is 1. The van der Waals surface area contributed by atoms with Crippen LogP contribution in [0.1, 0.15) is 60.8 Å². The second-order valence-corrected chi connectivity index (χ2v) is 8.66. The van der Waals surface area contributed by atoms with E-state index >= 15 is 0 Å². The number of imidazole rings is 1. The molecule has 0 aliphatic carbocycles. The van der Waals surface area contributed by atoms with Gasteiger partial charge in [0.1, 0.15) is 11.5 Å². The molecule has 2 aromatic heterocycles. The van der Waals surface area contributed by atoms with Crippen LogP contribution in [0.2, 0.25) is 4.47 Å². The summed E-state index contributed by atoms with van der Waals surface area (Å²) in [4.78, 5) is 22.8. The van der Waals surface area contributed by atoms with E-state index in [0.29, 0.717) is 10.2 Å². The zero-order chi connectivity index (χ0) is 19.0. The lowest BCUT2D eigenvalue weighted by Gasteiger charge is -2.22. The highest BCUT2D eigenvalue weighted by molar-refractivity contribution is 7.16. The Bertz CT molecular complexity index is 944. The van der Waals surface area contributed by atoms with Gasteiger partial charge in [0, 0.05) is 11.9 Å². The highest BCUT2D eigenvalue weighted by Crippen LogP contribution is 2.31. The zero-order valence-corrected chi connectivity index (χ0v) is 17.1. The number of hydrogen-bond donors (Lipinski definition) is 1. The molecule has 3 rings (SSSR count). The van der Waals surface area contributed by atoms with Crippen molar-refractivity contribution in [1.82, 2.24) is 19.9 Å². The number of amides is 1. The minimum Gasteiger partial charge on any atom is -0.340 e. The van der Waals surface area contributed by atoms with Crippen molar-refractivity contribution in [2.75, 3.05) is 0 Å². The van der Waals surface area contributed by atoms with E-state index in [0.717, 1.165) is 21.7 Å². The minimum atomic E-state index is -0.222. The number of para-hydroxylation sites is 2. The SMILES string of the molecule is CC(C)c1sc(Cl)nc1C(=O)N[C@@H](c1nc2ccccc2n1C)C(C)C. The van der Waals surface area contributed by atoms with Gasteiger partial charge in [-0.3, -0.25) is 4.79 Å². The van der Waals surface area contributed by atoms with Gasteiger partial charge in [-0.1, -0.05) is 51.4 Å². The lowest BCUT2D eigenvalue weighted by Crippen LogP contribution is -2.34. The molecule has 0 aliphatic rings. The van der Waals surface area contributed by atoms with Gasteiger partial charge in [-0.05, 0) is 24.0 Å². The third kappa shape index (κ3) is 3.48. The molecule has 0 fully saturated rings. The summed E-state index contributed by atoms with van der Waals surface area (Å²) in [6.45, 7) is 8.21. The third-order valence-corrected chi connectivity index (χ3v) is 5.88. The molecule has 0 saturated carbocycles. The summed E-state index contributed by atoms with van der Waals surface area (Å²) in [5.74, 6) is 0.990. The van der Waals surface area contributed by atoms with Crippen molar-refractivity contribution < 1.29 is 4.79 Å². The van der Waals surface area contributed by atoms with Crippen molar-refractivity contribution in [2.24, 2.45) is 13.0 Å². The Labute approximate surface area is 162 Å². The van der Waals surface area contributed by atoms with Gasteiger partial charge in [0.15, 0.2) is 4.47 Å². The van der Waals surface area contributed by atoms with Crippen LogP contribution in [-0.2, 0) is 7.05 Å². The van der Waals surface area contributed by atoms with Crippen LogP contribution in [0.5, 0.6) is 0 Å². The normalized spacial score (nSPS) is 12.9. The highest BCUT2D eigenvalue weighted by Gasteiger charge is 2.27. The van der Waals surface area contributed by atoms with Gasteiger partial charge in [0.05, 0.1) is 17.1 Å². The zero-order valence-electron chi connectivity index (χ0n) is 15.6. The molecule has 0 saturated heterocycles. The monoisotopic (exact) mass is 390 g/mol. The number of carbonyl (C=O) groups excluding carboxylic acids is 1. The largest absolute Gasteiger partial charge is 0.340 e. The van der Waals surface area contributed by atoms with Crippen LogP contribution in [0.3, 0.4) is 0 Å². The Balaban J connectivity index is 1.96. The molecule has 0 radical (unpaired) electrons. The number of aromatic nitrogens is 3. The van der Waals surface area contributed by atoms with Crippen molar-refractivity contribution in [3.63, 3.8) is 0 Å². The number of nitrogens with zero attached hydrogens (tertiary/aromatic N) is 3. The lowest BCUT2D eigenvalue weighted by atomic mass is 10.0. The Morgan fingerprint density at radius 3 is 2.50 bits per heavy atom. The fraction of sp³-hybridized carbons (Fsp3) is 0.421. The first-order valence-corrected chi connectivity index (χ1v) is 9.87. The molecule has 3 aromatic rings. The Morgan fingerprint density at radius 2 is 1.88 bits per heavy atom. The van der Waals surface area contributed by atoms with Crippen LogP contribution in [0.25, 0.3) is 11.0 Å². The molecule has 138 valence electrons. The Kier molecular flexibility index (Phi) is 5.34. The maximum atomic E-state index is 12.9. The van der Waals surface area contributed by atoms with Crippen LogP contribution < -0.4 is 5.32 Å². The lowest BCUT2D eigenvalue weighted by molar-refractivity contribution is 0.0917. The van der Waals surface area contributed by atoms with Crippen molar-refractivity contribution in [3.05, 3.63) is 45.1 Å². The van der Waals surface area contributed by atoms with Crippen LogP contribution in [-0.4, -0.2) is 20.4 Å². The van der Waals surface area contributed by atoms with Crippen molar-refractivity contribution >= 4 is 39.9 Å². The van der Waals surface area contributed by atoms with E-state index in [9.17, 15) is 4.79 Å². The van der Waals surface area contributed by atoms with Crippen molar-refractivity contribution in [1.29, 1.82) is 0 Å². The first-order valence-electron chi connectivity index (χ1n) is 8.68. The van der Waals surface area contributed by atoms with Gasteiger partial charge < -0.3 is 9.88 Å². The van der Waals surface area contributed by atoms with Gasteiger partial charge in [-0.15, -0.1) is 11.3 Å².